The summed E-state index contributed by atoms with van der Waals surface area (Å²) < 4.78 is 51.4. The molecule has 11 nitrogen and oxygen atoms in total. The number of nitrogens with zero attached hydrogens (tertiary/aromatic N) is 3. The van der Waals surface area contributed by atoms with Crippen molar-refractivity contribution >= 4 is 8.32 Å². The van der Waals surface area contributed by atoms with Gasteiger partial charge in [0.05, 0.1) is 59.5 Å². The fraction of sp³-hybridized carbons (Fsp3) is 0.538. The summed E-state index contributed by atoms with van der Waals surface area (Å²) in [4.78, 5) is 2.73. The molecule has 1 aliphatic rings. The highest BCUT2D eigenvalue weighted by Crippen LogP contribution is 2.38. The van der Waals surface area contributed by atoms with Crippen LogP contribution in [0.15, 0.2) is 96.1 Å². The Bertz CT molecular complexity index is 1420. The molecular weight excluding hydrogens is 667 g/mol. The number of hydrogen-bond acceptors (Lipinski definition) is 9. The van der Waals surface area contributed by atoms with Crippen molar-refractivity contribution in [3.05, 3.63) is 118 Å². The topological polar surface area (TPSA) is 123 Å². The second-order valence-electron chi connectivity index (χ2n) is 13.9. The van der Waals surface area contributed by atoms with E-state index in [-0.39, 0.29) is 18.2 Å². The lowest BCUT2D eigenvalue weighted by Crippen LogP contribution is -2.62. The summed E-state index contributed by atoms with van der Waals surface area (Å²) in [5.74, 6) is 0. The first-order chi connectivity index (χ1) is 24.7. The van der Waals surface area contributed by atoms with Crippen molar-refractivity contribution in [1.82, 2.24) is 0 Å². The lowest BCUT2D eigenvalue weighted by Gasteiger charge is -2.47. The van der Waals surface area contributed by atoms with E-state index in [1.807, 2.05) is 91.0 Å². The Morgan fingerprint density at radius 2 is 1.12 bits per heavy atom. The number of ether oxygens (including phenoxy) is 7. The van der Waals surface area contributed by atoms with Crippen molar-refractivity contribution in [3.63, 3.8) is 0 Å². The summed E-state index contributed by atoms with van der Waals surface area (Å²) in [6.07, 6.45) is -3.02. The molecule has 1 heterocycles. The molecule has 0 N–H and O–H groups in total. The van der Waals surface area contributed by atoms with E-state index >= 15 is 0 Å². The van der Waals surface area contributed by atoms with E-state index in [0.717, 1.165) is 16.7 Å². The van der Waals surface area contributed by atoms with Crippen LogP contribution in [0.4, 0.5) is 0 Å². The molecule has 3 aromatic rings. The van der Waals surface area contributed by atoms with Crippen molar-refractivity contribution in [1.29, 1.82) is 0 Å². The number of hydrogen-bond donors (Lipinski definition) is 0. The van der Waals surface area contributed by atoms with Crippen LogP contribution in [0.5, 0.6) is 0 Å². The summed E-state index contributed by atoms with van der Waals surface area (Å²) in [6.45, 7) is 14.5. The van der Waals surface area contributed by atoms with Crippen LogP contribution in [0.2, 0.25) is 18.1 Å². The van der Waals surface area contributed by atoms with Crippen molar-refractivity contribution < 1.29 is 37.6 Å². The van der Waals surface area contributed by atoms with Gasteiger partial charge in [0.15, 0.2) is 14.6 Å². The maximum Gasteiger partial charge on any atom is 0.192 e. The molecule has 1 unspecified atom stereocenters. The summed E-state index contributed by atoms with van der Waals surface area (Å²) in [7, 11) is -2.16. The molecule has 51 heavy (non-hydrogen) atoms. The molecular formula is C39H55N3O8Si. The second-order valence-corrected chi connectivity index (χ2v) is 18.8. The first-order valence-corrected chi connectivity index (χ1v) is 20.6. The summed E-state index contributed by atoms with van der Waals surface area (Å²) in [6, 6.07) is 30.2. The predicted octanol–water partition coefficient (Wildman–Crippen LogP) is 7.85. The lowest BCUT2D eigenvalue weighted by atomic mass is 9.98. The quantitative estimate of drug-likeness (QED) is 0.0338. The predicted molar refractivity (Wildman–Crippen MR) is 198 cm³/mol. The SMILES string of the molecule is CC(C)(C)[Si](C)(C)OC[C@H]1OC(OCCOCCOCCN=[N+]=[N-])[C@@H](OCc2ccccc2)[C@@H](OCc2ccccc2)[C@@H]1OCc1ccccc1. The van der Waals surface area contributed by atoms with Gasteiger partial charge in [0.2, 0.25) is 0 Å². The molecule has 12 heteroatoms. The van der Waals surface area contributed by atoms with Crippen molar-refractivity contribution in [2.75, 3.05) is 46.2 Å². The van der Waals surface area contributed by atoms with Gasteiger partial charge >= 0.3 is 0 Å². The fourth-order valence-corrected chi connectivity index (χ4v) is 6.23. The van der Waals surface area contributed by atoms with Gasteiger partial charge in [0.25, 0.3) is 0 Å². The third-order valence-electron chi connectivity index (χ3n) is 9.14. The van der Waals surface area contributed by atoms with E-state index in [9.17, 15) is 0 Å². The van der Waals surface area contributed by atoms with E-state index in [1.165, 1.54) is 0 Å². The van der Waals surface area contributed by atoms with Crippen molar-refractivity contribution in [2.45, 2.75) is 89.4 Å². The summed E-state index contributed by atoms with van der Waals surface area (Å²) in [5, 5.41) is 3.47. The van der Waals surface area contributed by atoms with Gasteiger partial charge in [-0.25, -0.2) is 0 Å². The average molecular weight is 722 g/mol. The van der Waals surface area contributed by atoms with E-state index in [2.05, 4.69) is 43.9 Å². The molecule has 1 aliphatic heterocycles. The van der Waals surface area contributed by atoms with Crippen LogP contribution >= 0.6 is 0 Å². The first kappa shape index (κ1) is 40.6. The molecule has 0 aliphatic carbocycles. The summed E-state index contributed by atoms with van der Waals surface area (Å²) >= 11 is 0. The molecule has 0 amide bonds. The van der Waals surface area contributed by atoms with Gasteiger partial charge in [-0.2, -0.15) is 0 Å². The Balaban J connectivity index is 1.58. The minimum Gasteiger partial charge on any atom is -0.414 e. The van der Waals surface area contributed by atoms with E-state index in [0.29, 0.717) is 52.9 Å². The Morgan fingerprint density at radius 1 is 0.647 bits per heavy atom. The molecule has 0 bridgehead atoms. The van der Waals surface area contributed by atoms with E-state index < -0.39 is 39.0 Å². The van der Waals surface area contributed by atoms with E-state index in [4.69, 9.17) is 43.1 Å². The Hall–Kier alpha value is -3.13. The maximum absolute atomic E-state index is 8.41. The van der Waals surface area contributed by atoms with Crippen LogP contribution < -0.4 is 0 Å². The largest absolute Gasteiger partial charge is 0.414 e. The maximum atomic E-state index is 8.41. The van der Waals surface area contributed by atoms with Crippen molar-refractivity contribution in [3.8, 4) is 0 Å². The zero-order valence-electron chi connectivity index (χ0n) is 30.7. The zero-order chi connectivity index (χ0) is 36.4. The molecule has 1 fully saturated rings. The lowest BCUT2D eigenvalue weighted by molar-refractivity contribution is -0.327. The molecule has 0 spiro atoms. The fourth-order valence-electron chi connectivity index (χ4n) is 5.22. The minimum atomic E-state index is -2.16. The molecule has 0 aromatic heterocycles. The van der Waals surface area contributed by atoms with Gasteiger partial charge in [-0.05, 0) is 40.4 Å². The third-order valence-corrected chi connectivity index (χ3v) is 13.6. The molecule has 5 atom stereocenters. The van der Waals surface area contributed by atoms with Gasteiger partial charge in [-0.3, -0.25) is 0 Å². The second kappa shape index (κ2) is 21.4. The average Bonchev–Trinajstić information content (AvgIpc) is 3.13. The number of benzene rings is 3. The van der Waals surface area contributed by atoms with Crippen LogP contribution in [0.25, 0.3) is 10.4 Å². The van der Waals surface area contributed by atoms with Crippen LogP contribution in [-0.2, 0) is 57.4 Å². The first-order valence-electron chi connectivity index (χ1n) is 17.7. The van der Waals surface area contributed by atoms with E-state index in [1.54, 1.807) is 0 Å². The molecule has 3 aromatic carbocycles. The Morgan fingerprint density at radius 3 is 1.63 bits per heavy atom. The molecule has 0 radical (unpaired) electrons. The minimum absolute atomic E-state index is 0.00644. The van der Waals surface area contributed by atoms with Gasteiger partial charge in [-0.15, -0.1) is 0 Å². The number of rotatable bonds is 22. The third kappa shape index (κ3) is 13.7. The van der Waals surface area contributed by atoms with Gasteiger partial charge < -0.3 is 37.6 Å². The Kier molecular flexibility index (Phi) is 17.1. The highest BCUT2D eigenvalue weighted by atomic mass is 28.4. The molecule has 0 saturated carbocycles. The van der Waals surface area contributed by atoms with Crippen LogP contribution in [0, 0.1) is 0 Å². The summed E-state index contributed by atoms with van der Waals surface area (Å²) in [5.41, 5.74) is 11.5. The smallest absolute Gasteiger partial charge is 0.192 e. The highest BCUT2D eigenvalue weighted by Gasteiger charge is 2.50. The monoisotopic (exact) mass is 721 g/mol. The molecule has 278 valence electrons. The van der Waals surface area contributed by atoms with Gasteiger partial charge in [0.1, 0.15) is 24.4 Å². The molecule has 4 rings (SSSR count). The van der Waals surface area contributed by atoms with Gasteiger partial charge in [-0.1, -0.05) is 117 Å². The molecule has 1 saturated heterocycles. The standard InChI is InChI=1S/C39H55N3O8Si/c1-39(2,3)51(4,5)49-30-34-35(46-27-31-15-9-6-10-16-31)36(47-28-32-17-11-7-12-18-32)37(48-29-33-19-13-8-14-20-33)38(50-34)45-26-25-44-24-23-43-22-21-41-42-40/h6-20,34-38H,21-30H2,1-5H3/t34-,35-,36+,37+,38?/m1/s1. The van der Waals surface area contributed by atoms with Crippen molar-refractivity contribution in [2.24, 2.45) is 5.11 Å². The van der Waals surface area contributed by atoms with Crippen LogP contribution in [0.3, 0.4) is 0 Å². The van der Waals surface area contributed by atoms with Crippen LogP contribution in [-0.4, -0.2) is 85.2 Å². The Labute approximate surface area is 304 Å². The van der Waals surface area contributed by atoms with Gasteiger partial charge in [0, 0.05) is 11.5 Å². The highest BCUT2D eigenvalue weighted by molar-refractivity contribution is 6.74. The number of azide groups is 1. The van der Waals surface area contributed by atoms with Crippen LogP contribution in [0.1, 0.15) is 37.5 Å². The zero-order valence-corrected chi connectivity index (χ0v) is 31.7. The normalized spacial score (nSPS) is 20.9.